The van der Waals surface area contributed by atoms with Crippen LogP contribution in [0.25, 0.3) is 33.4 Å². The van der Waals surface area contributed by atoms with E-state index in [1.165, 1.54) is 106 Å². The fourth-order valence-corrected chi connectivity index (χ4v) is 13.1. The smallest absolute Gasteiger partial charge is 0.252 e. The highest BCUT2D eigenvalue weighted by atomic mass is 15.2. The third-order valence-electron chi connectivity index (χ3n) is 17.3. The summed E-state index contributed by atoms with van der Waals surface area (Å²) in [6.45, 7) is 25.6. The molecule has 0 spiro atoms. The van der Waals surface area contributed by atoms with Gasteiger partial charge in [0.15, 0.2) is 0 Å². The zero-order valence-electron chi connectivity index (χ0n) is 47.8. The molecular formula is C75H70BN3. The topological polar surface area (TPSA) is 9.72 Å². The predicted molar refractivity (Wildman–Crippen MR) is 340 cm³/mol. The summed E-state index contributed by atoms with van der Waals surface area (Å²) in [6, 6.07) is 85.3. The van der Waals surface area contributed by atoms with E-state index < -0.39 is 0 Å². The van der Waals surface area contributed by atoms with E-state index in [4.69, 9.17) is 0 Å². The highest BCUT2D eigenvalue weighted by Crippen LogP contribution is 2.56. The Bertz CT molecular complexity index is 3930. The van der Waals surface area contributed by atoms with Crippen molar-refractivity contribution in [2.45, 2.75) is 97.8 Å². The van der Waals surface area contributed by atoms with Crippen LogP contribution in [-0.2, 0) is 21.7 Å². The SMILES string of the molecule is CC(C)(C)c1ccc(N(c2ccc(C(C)(C)C)cc2)c2ccc3c(c2)N(c2ccccc2-c2ccccc2)c2cc(C(C)(C)C)cc4c2B3c2ccc(-c3ccccc3)cc2N4c2cccc3c2C(C)(C)c2ccccc2-3)cc1. The lowest BCUT2D eigenvalue weighted by atomic mass is 9.33. The van der Waals surface area contributed by atoms with Crippen LogP contribution >= 0.6 is 0 Å². The van der Waals surface area contributed by atoms with Gasteiger partial charge in [-0.3, -0.25) is 0 Å². The second-order valence-corrected chi connectivity index (χ2v) is 25.8. The molecule has 0 unspecified atom stereocenters. The average molecular weight is 1020 g/mol. The molecule has 4 heteroatoms. The van der Waals surface area contributed by atoms with Crippen molar-refractivity contribution in [3.05, 3.63) is 252 Å². The Balaban J connectivity index is 1.13. The minimum atomic E-state index is -0.256. The molecule has 0 N–H and O–H groups in total. The van der Waals surface area contributed by atoms with E-state index in [2.05, 4.69) is 315 Å². The molecule has 0 radical (unpaired) electrons. The summed E-state index contributed by atoms with van der Waals surface area (Å²) in [5.41, 5.74) is 28.0. The fourth-order valence-electron chi connectivity index (χ4n) is 13.1. The third-order valence-corrected chi connectivity index (χ3v) is 17.3. The van der Waals surface area contributed by atoms with Crippen molar-refractivity contribution >= 4 is 74.3 Å². The second-order valence-electron chi connectivity index (χ2n) is 25.8. The first-order chi connectivity index (χ1) is 37.9. The molecule has 0 saturated heterocycles. The van der Waals surface area contributed by atoms with Crippen LogP contribution in [0.1, 0.15) is 104 Å². The van der Waals surface area contributed by atoms with Gasteiger partial charge in [-0.2, -0.15) is 0 Å². The van der Waals surface area contributed by atoms with Gasteiger partial charge in [-0.1, -0.05) is 234 Å². The standard InChI is InChI=1S/C75H70BN3/c1-72(2,3)52-34-38-55(39-35-52)77(56-40-36-53(37-41-56)73(4,5)6)57-42-44-63-67(48-57)78(64-31-21-19-27-58(64)50-25-16-13-17-26-50)68-46-54(74(7,8)9)47-69-71(68)76(63)62-43-33-51(49-23-14-12-15-24-49)45-66(62)79(69)65-32-22-29-60-59-28-18-20-30-61(59)75(10,11)70(60)65/h12-48H,1-11H3. The fraction of sp³-hybridized carbons (Fsp3) is 0.200. The number of fused-ring (bicyclic) bond motifs is 7. The van der Waals surface area contributed by atoms with E-state index in [0.29, 0.717) is 0 Å². The highest BCUT2D eigenvalue weighted by Gasteiger charge is 2.47. The van der Waals surface area contributed by atoms with E-state index in [9.17, 15) is 0 Å². The summed E-state index contributed by atoms with van der Waals surface area (Å²) < 4.78 is 0. The molecule has 0 atom stereocenters. The van der Waals surface area contributed by atoms with E-state index >= 15 is 0 Å². The molecule has 2 aliphatic heterocycles. The van der Waals surface area contributed by atoms with Gasteiger partial charge in [-0.05, 0) is 155 Å². The number of nitrogens with zero attached hydrogens (tertiary/aromatic N) is 3. The Hall–Kier alpha value is -8.34. The number of rotatable bonds is 7. The van der Waals surface area contributed by atoms with Gasteiger partial charge in [-0.25, -0.2) is 0 Å². The number of benzene rings is 10. The molecule has 0 saturated carbocycles. The van der Waals surface area contributed by atoms with Gasteiger partial charge in [0, 0.05) is 50.8 Å². The van der Waals surface area contributed by atoms with Crippen LogP contribution in [0.2, 0.25) is 0 Å². The van der Waals surface area contributed by atoms with Crippen LogP contribution in [0.5, 0.6) is 0 Å². The monoisotopic (exact) mass is 1020 g/mol. The molecule has 2 heterocycles. The Labute approximate surface area is 470 Å². The minimum Gasteiger partial charge on any atom is -0.311 e. The first-order valence-electron chi connectivity index (χ1n) is 28.4. The van der Waals surface area contributed by atoms with Gasteiger partial charge in [-0.15, -0.1) is 0 Å². The number of anilines is 9. The van der Waals surface area contributed by atoms with Crippen molar-refractivity contribution in [2.24, 2.45) is 0 Å². The number of hydrogen-bond acceptors (Lipinski definition) is 3. The lowest BCUT2D eigenvalue weighted by Crippen LogP contribution is -2.61. The maximum atomic E-state index is 2.67. The maximum absolute atomic E-state index is 2.67. The lowest BCUT2D eigenvalue weighted by molar-refractivity contribution is 0.590. The van der Waals surface area contributed by atoms with Crippen molar-refractivity contribution in [1.82, 2.24) is 0 Å². The summed E-state index contributed by atoms with van der Waals surface area (Å²) in [5.74, 6) is 0. The molecule has 0 amide bonds. The van der Waals surface area contributed by atoms with Crippen LogP contribution in [0, 0.1) is 0 Å². The summed E-state index contributed by atoms with van der Waals surface area (Å²) >= 11 is 0. The van der Waals surface area contributed by atoms with Gasteiger partial charge in [0.1, 0.15) is 0 Å². The van der Waals surface area contributed by atoms with Crippen LogP contribution in [0.3, 0.4) is 0 Å². The third kappa shape index (κ3) is 8.33. The highest BCUT2D eigenvalue weighted by molar-refractivity contribution is 7.00. The first-order valence-corrected chi connectivity index (χ1v) is 28.4. The molecule has 0 fully saturated rings. The first kappa shape index (κ1) is 50.2. The van der Waals surface area contributed by atoms with Crippen LogP contribution < -0.4 is 31.1 Å². The van der Waals surface area contributed by atoms with Crippen LogP contribution in [-0.4, -0.2) is 6.71 Å². The Kier molecular flexibility index (Phi) is 11.7. The molecule has 3 aliphatic rings. The zero-order chi connectivity index (χ0) is 54.8. The summed E-state index contributed by atoms with van der Waals surface area (Å²) in [6.07, 6.45) is 0. The predicted octanol–water partition coefficient (Wildman–Crippen LogP) is 18.8. The van der Waals surface area contributed by atoms with Gasteiger partial charge >= 0.3 is 0 Å². The van der Waals surface area contributed by atoms with Crippen molar-refractivity contribution in [3.63, 3.8) is 0 Å². The van der Waals surface area contributed by atoms with E-state index in [1.54, 1.807) is 0 Å². The average Bonchev–Trinajstić information content (AvgIpc) is 3.69. The Morgan fingerprint density at radius 3 is 1.41 bits per heavy atom. The molecule has 0 aromatic heterocycles. The van der Waals surface area contributed by atoms with E-state index in [0.717, 1.165) is 22.7 Å². The molecular weight excluding hydrogens is 954 g/mol. The summed E-state index contributed by atoms with van der Waals surface area (Å²) in [7, 11) is 0. The van der Waals surface area contributed by atoms with Crippen molar-refractivity contribution in [1.29, 1.82) is 0 Å². The summed E-state index contributed by atoms with van der Waals surface area (Å²) in [4.78, 5) is 7.76. The molecule has 10 aromatic rings. The quantitative estimate of drug-likeness (QED) is 0.147. The minimum absolute atomic E-state index is 0.0177. The van der Waals surface area contributed by atoms with Crippen molar-refractivity contribution < 1.29 is 0 Å². The van der Waals surface area contributed by atoms with Crippen LogP contribution in [0.15, 0.2) is 224 Å². The van der Waals surface area contributed by atoms with Gasteiger partial charge in [0.2, 0.25) is 0 Å². The second kappa shape index (κ2) is 18.4. The molecule has 79 heavy (non-hydrogen) atoms. The lowest BCUT2D eigenvalue weighted by Gasteiger charge is -2.46. The Morgan fingerprint density at radius 2 is 0.810 bits per heavy atom. The van der Waals surface area contributed by atoms with Crippen molar-refractivity contribution in [3.8, 4) is 33.4 Å². The van der Waals surface area contributed by atoms with Crippen molar-refractivity contribution in [2.75, 3.05) is 14.7 Å². The molecule has 388 valence electrons. The van der Waals surface area contributed by atoms with E-state index in [-0.39, 0.29) is 28.4 Å². The van der Waals surface area contributed by atoms with Crippen LogP contribution in [0.4, 0.5) is 51.2 Å². The zero-order valence-corrected chi connectivity index (χ0v) is 47.8. The normalized spacial score (nSPS) is 14.0. The Morgan fingerprint density at radius 1 is 0.342 bits per heavy atom. The number of para-hydroxylation sites is 1. The molecule has 0 bridgehead atoms. The summed E-state index contributed by atoms with van der Waals surface area (Å²) in [5, 5.41) is 0. The molecule has 13 rings (SSSR count). The maximum Gasteiger partial charge on any atom is 0.252 e. The largest absolute Gasteiger partial charge is 0.311 e. The molecule has 3 nitrogen and oxygen atoms in total. The molecule has 10 aromatic carbocycles. The van der Waals surface area contributed by atoms with Gasteiger partial charge in [0.25, 0.3) is 6.71 Å². The van der Waals surface area contributed by atoms with Gasteiger partial charge < -0.3 is 14.7 Å². The van der Waals surface area contributed by atoms with Gasteiger partial charge in [0.05, 0.1) is 11.4 Å². The molecule has 1 aliphatic carbocycles. The van der Waals surface area contributed by atoms with E-state index in [1.807, 2.05) is 0 Å². The number of hydrogen-bond donors (Lipinski definition) is 0.